The summed E-state index contributed by atoms with van der Waals surface area (Å²) in [7, 11) is 0. The molecule has 2 rings (SSSR count). The van der Waals surface area contributed by atoms with Crippen LogP contribution >= 0.6 is 0 Å². The maximum atomic E-state index is 13.4. The molecule has 0 atom stereocenters. The van der Waals surface area contributed by atoms with Crippen molar-refractivity contribution in [2.24, 2.45) is 0 Å². The van der Waals surface area contributed by atoms with Crippen LogP contribution in [0.1, 0.15) is 25.0 Å². The number of rotatable bonds is 2. The molecule has 2 N–H and O–H groups in total. The highest BCUT2D eigenvalue weighted by Gasteiger charge is 2.25. The van der Waals surface area contributed by atoms with E-state index in [1.165, 1.54) is 12.1 Å². The monoisotopic (exact) mass is 264 g/mol. The summed E-state index contributed by atoms with van der Waals surface area (Å²) < 4.78 is 26.8. The van der Waals surface area contributed by atoms with E-state index in [1.54, 1.807) is 12.1 Å². The van der Waals surface area contributed by atoms with Crippen LogP contribution in [0.2, 0.25) is 0 Å². The molecule has 0 fully saturated rings. The number of halogens is 2. The third-order valence-corrected chi connectivity index (χ3v) is 3.33. The lowest BCUT2D eigenvalue weighted by Gasteiger charge is -2.26. The number of aromatic hydroxyl groups is 2. The van der Waals surface area contributed by atoms with Gasteiger partial charge < -0.3 is 10.2 Å². The van der Waals surface area contributed by atoms with Gasteiger partial charge in [-0.05, 0) is 35.4 Å². The summed E-state index contributed by atoms with van der Waals surface area (Å²) in [6, 6.07) is 8.65. The average molecular weight is 264 g/mol. The Bertz CT molecular complexity index is 581. The van der Waals surface area contributed by atoms with E-state index in [0.717, 1.165) is 17.7 Å². The third-order valence-electron chi connectivity index (χ3n) is 3.33. The summed E-state index contributed by atoms with van der Waals surface area (Å²) in [5, 5.41) is 18.4. The Labute approximate surface area is 110 Å². The number of hydrogen-bond acceptors (Lipinski definition) is 2. The molecule has 4 heteroatoms. The first-order valence-corrected chi connectivity index (χ1v) is 5.80. The second-order valence-electron chi connectivity index (χ2n) is 4.96. The zero-order valence-corrected chi connectivity index (χ0v) is 10.6. The summed E-state index contributed by atoms with van der Waals surface area (Å²) in [6.07, 6.45) is 0. The molecule has 0 aliphatic rings. The Morgan fingerprint density at radius 1 is 0.842 bits per heavy atom. The Hall–Kier alpha value is -2.10. The lowest BCUT2D eigenvalue weighted by atomic mass is 9.78. The van der Waals surface area contributed by atoms with Crippen molar-refractivity contribution in [3.63, 3.8) is 0 Å². The molecule has 0 aliphatic carbocycles. The molecule has 0 saturated carbocycles. The van der Waals surface area contributed by atoms with Crippen molar-refractivity contribution in [1.29, 1.82) is 0 Å². The zero-order chi connectivity index (χ0) is 14.2. The van der Waals surface area contributed by atoms with Gasteiger partial charge in [0.25, 0.3) is 0 Å². The summed E-state index contributed by atoms with van der Waals surface area (Å²) in [5.41, 5.74) is 0.559. The van der Waals surface area contributed by atoms with Crippen LogP contribution < -0.4 is 0 Å². The van der Waals surface area contributed by atoms with Gasteiger partial charge in [-0.3, -0.25) is 0 Å². The molecule has 0 heterocycles. The smallest absolute Gasteiger partial charge is 0.187 e. The summed E-state index contributed by atoms with van der Waals surface area (Å²) in [4.78, 5) is 0. The Kier molecular flexibility index (Phi) is 3.18. The van der Waals surface area contributed by atoms with Crippen LogP contribution in [0.15, 0.2) is 36.4 Å². The highest BCUT2D eigenvalue weighted by atomic mass is 19.1. The lowest BCUT2D eigenvalue weighted by molar-refractivity contribution is 0.393. The summed E-state index contributed by atoms with van der Waals surface area (Å²) in [6.45, 7) is 3.62. The minimum absolute atomic E-state index is 0.127. The van der Waals surface area contributed by atoms with Gasteiger partial charge in [0, 0.05) is 5.41 Å². The summed E-state index contributed by atoms with van der Waals surface area (Å²) >= 11 is 0. The molecule has 0 radical (unpaired) electrons. The van der Waals surface area contributed by atoms with Crippen LogP contribution in [0, 0.1) is 11.6 Å². The second kappa shape index (κ2) is 4.53. The molecular formula is C15H14F2O2. The van der Waals surface area contributed by atoms with Crippen LogP contribution in [0.3, 0.4) is 0 Å². The summed E-state index contributed by atoms with van der Waals surface area (Å²) in [5.74, 6) is -2.81. The minimum atomic E-state index is -0.984. The van der Waals surface area contributed by atoms with E-state index in [1.807, 2.05) is 13.8 Å². The quantitative estimate of drug-likeness (QED) is 0.868. The molecule has 0 unspecified atom stereocenters. The van der Waals surface area contributed by atoms with Crippen LogP contribution in [-0.4, -0.2) is 10.2 Å². The molecule has 0 aliphatic heterocycles. The zero-order valence-electron chi connectivity index (χ0n) is 10.6. The largest absolute Gasteiger partial charge is 0.508 e. The van der Waals surface area contributed by atoms with Crippen molar-refractivity contribution in [3.05, 3.63) is 59.2 Å². The van der Waals surface area contributed by atoms with E-state index in [-0.39, 0.29) is 5.75 Å². The average Bonchev–Trinajstić information content (AvgIpc) is 2.35. The van der Waals surface area contributed by atoms with Crippen molar-refractivity contribution in [2.45, 2.75) is 19.3 Å². The molecule has 100 valence electrons. The standard InChI is InChI=1S/C15H14F2O2/c1-15(2,9-3-5-11(18)6-4-9)10-7-12(16)14(19)13(17)8-10/h3-8,18-19H,1-2H3. The Morgan fingerprint density at radius 2 is 1.32 bits per heavy atom. The van der Waals surface area contributed by atoms with Crippen molar-refractivity contribution < 1.29 is 19.0 Å². The van der Waals surface area contributed by atoms with Gasteiger partial charge in [-0.15, -0.1) is 0 Å². The third kappa shape index (κ3) is 2.38. The molecule has 0 saturated heterocycles. The van der Waals surface area contributed by atoms with Crippen molar-refractivity contribution >= 4 is 0 Å². The van der Waals surface area contributed by atoms with Crippen molar-refractivity contribution in [2.75, 3.05) is 0 Å². The molecular weight excluding hydrogens is 250 g/mol. The molecule has 2 aromatic rings. The van der Waals surface area contributed by atoms with Crippen molar-refractivity contribution in [1.82, 2.24) is 0 Å². The van der Waals surface area contributed by atoms with Gasteiger partial charge in [-0.2, -0.15) is 0 Å². The lowest BCUT2D eigenvalue weighted by Crippen LogP contribution is -2.19. The fourth-order valence-corrected chi connectivity index (χ4v) is 1.97. The SMILES string of the molecule is CC(C)(c1ccc(O)cc1)c1cc(F)c(O)c(F)c1. The first kappa shape index (κ1) is 13.3. The molecule has 0 aromatic heterocycles. The molecule has 0 amide bonds. The Morgan fingerprint density at radius 3 is 1.79 bits per heavy atom. The predicted octanol–water partition coefficient (Wildman–Crippen LogP) is 3.70. The minimum Gasteiger partial charge on any atom is -0.508 e. The van der Waals surface area contributed by atoms with Crippen LogP contribution in [0.5, 0.6) is 11.5 Å². The first-order chi connectivity index (χ1) is 8.82. The predicted molar refractivity (Wildman–Crippen MR) is 68.3 cm³/mol. The topological polar surface area (TPSA) is 40.5 Å². The molecule has 19 heavy (non-hydrogen) atoms. The highest BCUT2D eigenvalue weighted by Crippen LogP contribution is 2.35. The van der Waals surface area contributed by atoms with Gasteiger partial charge in [0.1, 0.15) is 5.75 Å². The van der Waals surface area contributed by atoms with Crippen LogP contribution in [0.25, 0.3) is 0 Å². The fourth-order valence-electron chi connectivity index (χ4n) is 1.97. The van der Waals surface area contributed by atoms with E-state index in [9.17, 15) is 13.9 Å². The maximum Gasteiger partial charge on any atom is 0.187 e. The normalized spacial score (nSPS) is 11.6. The van der Waals surface area contributed by atoms with E-state index >= 15 is 0 Å². The maximum absolute atomic E-state index is 13.4. The number of phenols is 2. The van der Waals surface area contributed by atoms with Gasteiger partial charge in [0.05, 0.1) is 0 Å². The highest BCUT2D eigenvalue weighted by molar-refractivity contribution is 5.42. The van der Waals surface area contributed by atoms with E-state index in [0.29, 0.717) is 5.56 Å². The Balaban J connectivity index is 2.52. The second-order valence-corrected chi connectivity index (χ2v) is 4.96. The number of benzene rings is 2. The molecule has 2 nitrogen and oxygen atoms in total. The van der Waals surface area contributed by atoms with Gasteiger partial charge in [-0.25, -0.2) is 8.78 Å². The van der Waals surface area contributed by atoms with E-state index in [2.05, 4.69) is 0 Å². The van der Waals surface area contributed by atoms with E-state index in [4.69, 9.17) is 5.11 Å². The van der Waals surface area contributed by atoms with Gasteiger partial charge in [0.2, 0.25) is 0 Å². The van der Waals surface area contributed by atoms with Gasteiger partial charge in [0.15, 0.2) is 17.4 Å². The fraction of sp³-hybridized carbons (Fsp3) is 0.200. The van der Waals surface area contributed by atoms with E-state index < -0.39 is 22.8 Å². The van der Waals surface area contributed by atoms with Gasteiger partial charge in [-0.1, -0.05) is 26.0 Å². The van der Waals surface area contributed by atoms with Gasteiger partial charge >= 0.3 is 0 Å². The molecule has 2 aromatic carbocycles. The van der Waals surface area contributed by atoms with Crippen LogP contribution in [0.4, 0.5) is 8.78 Å². The number of phenolic OH excluding ortho intramolecular Hbond substituents is 2. The number of hydrogen-bond donors (Lipinski definition) is 2. The van der Waals surface area contributed by atoms with Crippen molar-refractivity contribution in [3.8, 4) is 11.5 Å². The first-order valence-electron chi connectivity index (χ1n) is 5.80. The molecule has 0 spiro atoms. The molecule has 0 bridgehead atoms. The van der Waals surface area contributed by atoms with Crippen LogP contribution in [-0.2, 0) is 5.41 Å².